The van der Waals surface area contributed by atoms with E-state index in [0.29, 0.717) is 0 Å². The maximum absolute atomic E-state index is 5.50. The fourth-order valence-corrected chi connectivity index (χ4v) is 3.85. The number of hydrogen-bond acceptors (Lipinski definition) is 7. The third-order valence-electron chi connectivity index (χ3n) is 5.63. The first kappa shape index (κ1) is 17.8. The molecular formula is C20H28N6O. The van der Waals surface area contributed by atoms with Crippen LogP contribution in [-0.2, 0) is 0 Å². The Morgan fingerprint density at radius 1 is 0.926 bits per heavy atom. The van der Waals surface area contributed by atoms with E-state index in [1.165, 1.54) is 12.8 Å². The summed E-state index contributed by atoms with van der Waals surface area (Å²) in [5, 5.41) is 8.53. The van der Waals surface area contributed by atoms with Crippen LogP contribution >= 0.6 is 0 Å². The summed E-state index contributed by atoms with van der Waals surface area (Å²) < 4.78 is 5.50. The van der Waals surface area contributed by atoms with Crippen molar-refractivity contribution in [1.29, 1.82) is 0 Å². The molecule has 0 atom stereocenters. The molecule has 7 nitrogen and oxygen atoms in total. The summed E-state index contributed by atoms with van der Waals surface area (Å²) in [5.41, 5.74) is 1.15. The van der Waals surface area contributed by atoms with Crippen molar-refractivity contribution < 1.29 is 4.74 Å². The first-order chi connectivity index (χ1) is 13.2. The van der Waals surface area contributed by atoms with E-state index in [4.69, 9.17) is 9.72 Å². The van der Waals surface area contributed by atoms with E-state index < -0.39 is 0 Å². The summed E-state index contributed by atoms with van der Waals surface area (Å²) in [5.74, 6) is 3.42. The van der Waals surface area contributed by atoms with E-state index in [-0.39, 0.29) is 0 Å². The molecule has 3 heterocycles. The van der Waals surface area contributed by atoms with Crippen LogP contribution in [0, 0.1) is 5.92 Å². The van der Waals surface area contributed by atoms with Crippen LogP contribution in [0.15, 0.2) is 30.5 Å². The van der Waals surface area contributed by atoms with Crippen molar-refractivity contribution in [2.75, 3.05) is 61.1 Å². The van der Waals surface area contributed by atoms with Crippen LogP contribution in [-0.4, -0.2) is 61.6 Å². The van der Waals surface area contributed by atoms with Gasteiger partial charge in [-0.1, -0.05) is 19.1 Å². The van der Waals surface area contributed by atoms with Gasteiger partial charge in [0.15, 0.2) is 5.82 Å². The Kier molecular flexibility index (Phi) is 5.27. The zero-order valence-corrected chi connectivity index (χ0v) is 16.2. The number of anilines is 3. The van der Waals surface area contributed by atoms with Crippen LogP contribution in [0.2, 0.25) is 0 Å². The largest absolute Gasteiger partial charge is 0.495 e. The Bertz CT molecular complexity index is 754. The molecule has 0 spiro atoms. The number of hydrogen-bond donors (Lipinski definition) is 0. The highest BCUT2D eigenvalue weighted by molar-refractivity contribution is 5.59. The number of aromatic nitrogens is 3. The van der Waals surface area contributed by atoms with Crippen molar-refractivity contribution >= 4 is 17.5 Å². The van der Waals surface area contributed by atoms with Gasteiger partial charge in [-0.25, -0.2) is 0 Å². The summed E-state index contributed by atoms with van der Waals surface area (Å²) in [6.07, 6.45) is 4.23. The topological polar surface area (TPSA) is 57.6 Å². The van der Waals surface area contributed by atoms with Gasteiger partial charge in [-0.2, -0.15) is 10.1 Å². The lowest BCUT2D eigenvalue weighted by Gasteiger charge is -2.37. The van der Waals surface area contributed by atoms with Crippen molar-refractivity contribution in [2.45, 2.75) is 19.8 Å². The van der Waals surface area contributed by atoms with E-state index in [1.807, 2.05) is 12.1 Å². The highest BCUT2D eigenvalue weighted by Gasteiger charge is 2.23. The number of methoxy groups -OCH3 is 1. The second kappa shape index (κ2) is 7.98. The number of nitrogens with zero attached hydrogens (tertiary/aromatic N) is 6. The lowest BCUT2D eigenvalue weighted by molar-refractivity contribution is 0.413. The van der Waals surface area contributed by atoms with Crippen LogP contribution in [0.25, 0.3) is 0 Å². The van der Waals surface area contributed by atoms with E-state index in [9.17, 15) is 0 Å². The van der Waals surface area contributed by atoms with Gasteiger partial charge in [-0.3, -0.25) is 0 Å². The SMILES string of the molecule is COc1ccccc1N1CCN(c2nncc(N3CCC(C)CC3)n2)CC1. The fraction of sp³-hybridized carbons (Fsp3) is 0.550. The highest BCUT2D eigenvalue weighted by Crippen LogP contribution is 2.29. The van der Waals surface area contributed by atoms with E-state index >= 15 is 0 Å². The molecule has 0 N–H and O–H groups in total. The number of benzene rings is 1. The number of piperidine rings is 1. The molecule has 27 heavy (non-hydrogen) atoms. The maximum Gasteiger partial charge on any atom is 0.247 e. The molecule has 2 aliphatic rings. The van der Waals surface area contributed by atoms with Crippen LogP contribution in [0.4, 0.5) is 17.5 Å². The Labute approximate surface area is 161 Å². The van der Waals surface area contributed by atoms with Crippen molar-refractivity contribution in [1.82, 2.24) is 15.2 Å². The molecule has 0 saturated carbocycles. The smallest absolute Gasteiger partial charge is 0.247 e. The molecule has 7 heteroatoms. The molecule has 2 saturated heterocycles. The molecule has 2 fully saturated rings. The summed E-state index contributed by atoms with van der Waals surface area (Å²) >= 11 is 0. The van der Waals surface area contributed by atoms with Gasteiger partial charge in [0.1, 0.15) is 5.75 Å². The lowest BCUT2D eigenvalue weighted by atomic mass is 9.99. The van der Waals surface area contributed by atoms with Gasteiger partial charge in [0.2, 0.25) is 5.95 Å². The Morgan fingerprint density at radius 2 is 1.63 bits per heavy atom. The Morgan fingerprint density at radius 3 is 2.37 bits per heavy atom. The molecule has 1 aromatic heterocycles. The minimum atomic E-state index is 0.741. The van der Waals surface area contributed by atoms with Gasteiger partial charge in [0.25, 0.3) is 0 Å². The summed E-state index contributed by atoms with van der Waals surface area (Å²) in [6, 6.07) is 8.19. The van der Waals surface area contributed by atoms with E-state index in [1.54, 1.807) is 13.3 Å². The van der Waals surface area contributed by atoms with Crippen LogP contribution in [0.1, 0.15) is 19.8 Å². The van der Waals surface area contributed by atoms with Crippen LogP contribution in [0.5, 0.6) is 5.75 Å². The molecule has 0 radical (unpaired) electrons. The zero-order valence-electron chi connectivity index (χ0n) is 16.2. The van der Waals surface area contributed by atoms with Gasteiger partial charge in [0, 0.05) is 39.3 Å². The van der Waals surface area contributed by atoms with E-state index in [0.717, 1.165) is 68.4 Å². The quantitative estimate of drug-likeness (QED) is 0.821. The summed E-state index contributed by atoms with van der Waals surface area (Å²) in [7, 11) is 1.72. The molecule has 4 rings (SSSR count). The molecular weight excluding hydrogens is 340 g/mol. The molecule has 2 aliphatic heterocycles. The monoisotopic (exact) mass is 368 g/mol. The van der Waals surface area contributed by atoms with Gasteiger partial charge in [0.05, 0.1) is 19.0 Å². The first-order valence-electron chi connectivity index (χ1n) is 9.82. The normalized spacial score (nSPS) is 18.7. The molecule has 0 aliphatic carbocycles. The van der Waals surface area contributed by atoms with Crippen LogP contribution in [0.3, 0.4) is 0 Å². The number of ether oxygens (including phenoxy) is 1. The minimum Gasteiger partial charge on any atom is -0.495 e. The molecule has 0 amide bonds. The van der Waals surface area contributed by atoms with Gasteiger partial charge in [-0.05, 0) is 30.9 Å². The standard InChI is InChI=1S/C20H28N6O/c1-16-7-9-25(10-8-16)19-15-21-23-20(22-19)26-13-11-24(12-14-26)17-5-3-4-6-18(17)27-2/h3-6,15-16H,7-14H2,1-2H3. The fourth-order valence-electron chi connectivity index (χ4n) is 3.85. The minimum absolute atomic E-state index is 0.741. The number of rotatable bonds is 4. The maximum atomic E-state index is 5.50. The van der Waals surface area contributed by atoms with Gasteiger partial charge in [-0.15, -0.1) is 5.10 Å². The highest BCUT2D eigenvalue weighted by atomic mass is 16.5. The number of piperazine rings is 1. The Balaban J connectivity index is 1.42. The second-order valence-electron chi connectivity index (χ2n) is 7.43. The first-order valence-corrected chi connectivity index (χ1v) is 9.82. The van der Waals surface area contributed by atoms with Crippen molar-refractivity contribution in [3.8, 4) is 5.75 Å². The molecule has 1 aromatic carbocycles. The summed E-state index contributed by atoms with van der Waals surface area (Å²) in [6.45, 7) is 8.01. The lowest BCUT2D eigenvalue weighted by Crippen LogP contribution is -2.47. The Hall–Kier alpha value is -2.57. The molecule has 144 valence electrons. The third kappa shape index (κ3) is 3.91. The zero-order chi connectivity index (χ0) is 18.6. The van der Waals surface area contributed by atoms with Gasteiger partial charge >= 0.3 is 0 Å². The van der Waals surface area contributed by atoms with Crippen molar-refractivity contribution in [2.24, 2.45) is 5.92 Å². The van der Waals surface area contributed by atoms with Crippen molar-refractivity contribution in [3.05, 3.63) is 30.5 Å². The summed E-state index contributed by atoms with van der Waals surface area (Å²) in [4.78, 5) is 11.7. The van der Waals surface area contributed by atoms with E-state index in [2.05, 4.69) is 44.0 Å². The predicted molar refractivity (Wildman–Crippen MR) is 108 cm³/mol. The average Bonchev–Trinajstić information content (AvgIpc) is 2.74. The second-order valence-corrected chi connectivity index (χ2v) is 7.43. The molecule has 2 aromatic rings. The number of para-hydroxylation sites is 2. The molecule has 0 bridgehead atoms. The third-order valence-corrected chi connectivity index (χ3v) is 5.63. The van der Waals surface area contributed by atoms with Crippen molar-refractivity contribution in [3.63, 3.8) is 0 Å². The van der Waals surface area contributed by atoms with Crippen LogP contribution < -0.4 is 19.4 Å². The predicted octanol–water partition coefficient (Wildman–Crippen LogP) is 2.44. The average molecular weight is 368 g/mol. The molecule has 0 unspecified atom stereocenters. The van der Waals surface area contributed by atoms with Gasteiger partial charge < -0.3 is 19.4 Å².